The quantitative estimate of drug-likeness (QED) is 0.886. The summed E-state index contributed by atoms with van der Waals surface area (Å²) >= 11 is 6.13. The van der Waals surface area contributed by atoms with Crippen molar-refractivity contribution in [1.82, 2.24) is 0 Å². The second-order valence-electron chi connectivity index (χ2n) is 3.76. The van der Waals surface area contributed by atoms with Crippen molar-refractivity contribution in [2.24, 2.45) is 11.5 Å². The summed E-state index contributed by atoms with van der Waals surface area (Å²) in [5, 5.41) is 0.619. The Hall–Kier alpha value is -0.680. The molecule has 1 aromatic carbocycles. The molecule has 1 heterocycles. The van der Waals surface area contributed by atoms with Crippen molar-refractivity contribution in [3.05, 3.63) is 22.7 Å². The van der Waals surface area contributed by atoms with Crippen molar-refractivity contribution >= 4 is 24.0 Å². The molecule has 0 unspecified atom stereocenters. The van der Waals surface area contributed by atoms with Crippen LogP contribution in [-0.2, 0) is 0 Å². The van der Waals surface area contributed by atoms with Gasteiger partial charge in [0.25, 0.3) is 0 Å². The lowest BCUT2D eigenvalue weighted by Gasteiger charge is -2.13. The Kier molecular flexibility index (Phi) is 5.33. The minimum atomic E-state index is -0.106. The Morgan fingerprint density at radius 3 is 2.59 bits per heavy atom. The van der Waals surface area contributed by atoms with E-state index in [0.29, 0.717) is 23.1 Å². The van der Waals surface area contributed by atoms with Crippen LogP contribution in [0.2, 0.25) is 5.02 Å². The SMILES string of the molecule is Cl.NCCC[C@@H](N)c1cc2c(cc1Cl)OCO2. The molecule has 0 saturated heterocycles. The van der Waals surface area contributed by atoms with Crippen molar-refractivity contribution in [1.29, 1.82) is 0 Å². The fourth-order valence-electron chi connectivity index (χ4n) is 1.71. The number of fused-ring (bicyclic) bond motifs is 1. The van der Waals surface area contributed by atoms with Gasteiger partial charge in [0.2, 0.25) is 6.79 Å². The van der Waals surface area contributed by atoms with Crippen LogP contribution < -0.4 is 20.9 Å². The molecule has 1 aromatic rings. The number of rotatable bonds is 4. The molecule has 0 bridgehead atoms. The average molecular weight is 279 g/mol. The summed E-state index contributed by atoms with van der Waals surface area (Å²) in [5.41, 5.74) is 12.4. The summed E-state index contributed by atoms with van der Waals surface area (Å²) in [7, 11) is 0. The first kappa shape index (κ1) is 14.4. The van der Waals surface area contributed by atoms with Gasteiger partial charge in [-0.3, -0.25) is 0 Å². The highest BCUT2D eigenvalue weighted by atomic mass is 35.5. The lowest BCUT2D eigenvalue weighted by Crippen LogP contribution is -2.13. The summed E-state index contributed by atoms with van der Waals surface area (Å²) < 4.78 is 10.5. The van der Waals surface area contributed by atoms with Crippen molar-refractivity contribution in [2.75, 3.05) is 13.3 Å². The highest BCUT2D eigenvalue weighted by Crippen LogP contribution is 2.39. The largest absolute Gasteiger partial charge is 0.454 e. The van der Waals surface area contributed by atoms with E-state index in [1.54, 1.807) is 6.07 Å². The van der Waals surface area contributed by atoms with E-state index in [1.807, 2.05) is 6.07 Å². The summed E-state index contributed by atoms with van der Waals surface area (Å²) in [4.78, 5) is 0. The Labute approximate surface area is 112 Å². The van der Waals surface area contributed by atoms with Gasteiger partial charge in [-0.05, 0) is 31.0 Å². The first-order valence-corrected chi connectivity index (χ1v) is 5.65. The zero-order valence-corrected chi connectivity index (χ0v) is 10.9. The smallest absolute Gasteiger partial charge is 0.231 e. The Morgan fingerprint density at radius 1 is 1.29 bits per heavy atom. The lowest BCUT2D eigenvalue weighted by molar-refractivity contribution is 0.174. The molecule has 4 N–H and O–H groups in total. The van der Waals surface area contributed by atoms with Gasteiger partial charge in [0.05, 0.1) is 0 Å². The Morgan fingerprint density at radius 2 is 1.94 bits per heavy atom. The van der Waals surface area contributed by atoms with Gasteiger partial charge in [0.1, 0.15) is 0 Å². The van der Waals surface area contributed by atoms with Crippen LogP contribution in [0.15, 0.2) is 12.1 Å². The second kappa shape index (κ2) is 6.31. The van der Waals surface area contributed by atoms with Crippen molar-refractivity contribution in [2.45, 2.75) is 18.9 Å². The third-order valence-electron chi connectivity index (χ3n) is 2.61. The monoisotopic (exact) mass is 278 g/mol. The van der Waals surface area contributed by atoms with Crippen LogP contribution in [0.4, 0.5) is 0 Å². The molecule has 0 spiro atoms. The molecule has 0 amide bonds. The van der Waals surface area contributed by atoms with E-state index >= 15 is 0 Å². The van der Waals surface area contributed by atoms with Gasteiger partial charge in [-0.25, -0.2) is 0 Å². The van der Waals surface area contributed by atoms with Gasteiger partial charge in [0.15, 0.2) is 11.5 Å². The molecule has 0 fully saturated rings. The standard InChI is InChI=1S/C11H15ClN2O2.ClH/c12-8-5-11-10(15-6-16-11)4-7(8)9(14)2-1-3-13;/h4-5,9H,1-3,6,13-14H2;1H/t9-;/m1./s1. The maximum atomic E-state index is 6.13. The third kappa shape index (κ3) is 3.16. The van der Waals surface area contributed by atoms with Gasteiger partial charge in [-0.1, -0.05) is 11.6 Å². The molecule has 0 radical (unpaired) electrons. The highest BCUT2D eigenvalue weighted by molar-refractivity contribution is 6.31. The van der Waals surface area contributed by atoms with Crippen LogP contribution >= 0.6 is 24.0 Å². The van der Waals surface area contributed by atoms with Crippen LogP contribution in [0.5, 0.6) is 11.5 Å². The Balaban J connectivity index is 0.00000144. The van der Waals surface area contributed by atoms with Crippen molar-refractivity contribution in [3.63, 3.8) is 0 Å². The predicted molar refractivity (Wildman–Crippen MR) is 70.0 cm³/mol. The third-order valence-corrected chi connectivity index (χ3v) is 2.94. The summed E-state index contributed by atoms with van der Waals surface area (Å²) in [6.07, 6.45) is 1.70. The molecule has 0 aromatic heterocycles. The zero-order chi connectivity index (χ0) is 11.5. The number of hydrogen-bond donors (Lipinski definition) is 2. The molecule has 0 saturated carbocycles. The number of nitrogens with two attached hydrogens (primary N) is 2. The lowest BCUT2D eigenvalue weighted by atomic mass is 10.0. The van der Waals surface area contributed by atoms with E-state index < -0.39 is 0 Å². The predicted octanol–water partition coefficient (Wildman–Crippen LogP) is 2.23. The topological polar surface area (TPSA) is 70.5 Å². The van der Waals surface area contributed by atoms with E-state index in [0.717, 1.165) is 18.4 Å². The number of hydrogen-bond acceptors (Lipinski definition) is 4. The number of benzene rings is 1. The summed E-state index contributed by atoms with van der Waals surface area (Å²) in [6.45, 7) is 0.878. The molecule has 0 aliphatic carbocycles. The van der Waals surface area contributed by atoms with Crippen LogP contribution in [0.3, 0.4) is 0 Å². The summed E-state index contributed by atoms with van der Waals surface area (Å²) in [6, 6.07) is 3.50. The van der Waals surface area contributed by atoms with E-state index in [2.05, 4.69) is 0 Å². The van der Waals surface area contributed by atoms with Gasteiger partial charge in [0, 0.05) is 17.1 Å². The van der Waals surface area contributed by atoms with E-state index in [4.69, 9.17) is 32.5 Å². The minimum Gasteiger partial charge on any atom is -0.454 e. The molecule has 2 rings (SSSR count). The number of halogens is 2. The first-order valence-electron chi connectivity index (χ1n) is 5.27. The molecular weight excluding hydrogens is 263 g/mol. The van der Waals surface area contributed by atoms with Crippen LogP contribution in [0.25, 0.3) is 0 Å². The molecule has 6 heteroatoms. The van der Waals surface area contributed by atoms with Crippen molar-refractivity contribution in [3.8, 4) is 11.5 Å². The fraction of sp³-hybridized carbons (Fsp3) is 0.455. The molecule has 17 heavy (non-hydrogen) atoms. The van der Waals surface area contributed by atoms with Gasteiger partial charge >= 0.3 is 0 Å². The van der Waals surface area contributed by atoms with Gasteiger partial charge in [-0.15, -0.1) is 12.4 Å². The second-order valence-corrected chi connectivity index (χ2v) is 4.17. The number of ether oxygens (including phenoxy) is 2. The normalized spacial score (nSPS) is 14.3. The van der Waals surface area contributed by atoms with E-state index in [1.165, 1.54) is 0 Å². The van der Waals surface area contributed by atoms with Crippen LogP contribution in [-0.4, -0.2) is 13.3 Å². The molecular formula is C11H16Cl2N2O2. The molecule has 4 nitrogen and oxygen atoms in total. The van der Waals surface area contributed by atoms with E-state index in [-0.39, 0.29) is 25.2 Å². The fourth-order valence-corrected chi connectivity index (χ4v) is 2.00. The first-order chi connectivity index (χ1) is 7.72. The molecule has 1 aliphatic rings. The van der Waals surface area contributed by atoms with Crippen LogP contribution in [0.1, 0.15) is 24.4 Å². The molecule has 1 atom stereocenters. The highest BCUT2D eigenvalue weighted by Gasteiger charge is 2.19. The molecule has 96 valence electrons. The van der Waals surface area contributed by atoms with Crippen molar-refractivity contribution < 1.29 is 9.47 Å². The zero-order valence-electron chi connectivity index (χ0n) is 9.32. The molecule has 1 aliphatic heterocycles. The van der Waals surface area contributed by atoms with Crippen LogP contribution in [0, 0.1) is 0 Å². The van der Waals surface area contributed by atoms with Gasteiger partial charge < -0.3 is 20.9 Å². The van der Waals surface area contributed by atoms with Gasteiger partial charge in [-0.2, -0.15) is 0 Å². The maximum absolute atomic E-state index is 6.13. The average Bonchev–Trinajstić information content (AvgIpc) is 2.71. The maximum Gasteiger partial charge on any atom is 0.231 e. The Bertz CT molecular complexity index is 388. The van der Waals surface area contributed by atoms with E-state index in [9.17, 15) is 0 Å². The minimum absolute atomic E-state index is 0. The summed E-state index contributed by atoms with van der Waals surface area (Å²) in [5.74, 6) is 1.39.